The molecule has 3 unspecified atom stereocenters. The van der Waals surface area contributed by atoms with Crippen molar-refractivity contribution in [3.8, 4) is 35.2 Å². The van der Waals surface area contributed by atoms with Gasteiger partial charge in [-0.15, -0.1) is 10.2 Å². The third kappa shape index (κ3) is 11.5. The van der Waals surface area contributed by atoms with Gasteiger partial charge in [0.2, 0.25) is 11.6 Å². The zero-order valence-electron chi connectivity index (χ0n) is 38.6. The monoisotopic (exact) mass is 930 g/mol. The molecule has 4 N–H and O–H groups in total. The maximum absolute atomic E-state index is 13.6. The number of nitrogens with zero attached hydrogens (tertiary/aromatic N) is 7. The summed E-state index contributed by atoms with van der Waals surface area (Å²) in [6, 6.07) is 27.5. The van der Waals surface area contributed by atoms with Gasteiger partial charge in [0, 0.05) is 38.8 Å². The van der Waals surface area contributed by atoms with Crippen molar-refractivity contribution >= 4 is 35.0 Å². The number of rotatable bonds is 12. The molecular weight excluding hydrogens is 881 g/mol. The van der Waals surface area contributed by atoms with Gasteiger partial charge in [-0.2, -0.15) is 0 Å². The van der Waals surface area contributed by atoms with E-state index in [1.54, 1.807) is 62.1 Å². The molecule has 6 aromatic rings. The minimum absolute atomic E-state index is 0.0729. The molecule has 69 heavy (non-hydrogen) atoms. The van der Waals surface area contributed by atoms with E-state index in [1.165, 1.54) is 23.2 Å². The lowest BCUT2D eigenvalue weighted by molar-refractivity contribution is -0.121. The number of H-pyrrole nitrogens is 1. The number of hydrogen-bond acceptors (Lipinski definition) is 12. The number of likely N-dealkylation sites (N-methyl/N-ethyl adjacent to an activating group) is 2. The quantitative estimate of drug-likeness (QED) is 0.129. The van der Waals surface area contributed by atoms with Gasteiger partial charge in [0.05, 0.1) is 17.9 Å². The topological polar surface area (TPSA) is 219 Å². The molecule has 4 aromatic carbocycles. The molecule has 2 aromatic heterocycles. The van der Waals surface area contributed by atoms with Gasteiger partial charge in [0.1, 0.15) is 60.2 Å². The summed E-state index contributed by atoms with van der Waals surface area (Å²) in [7, 11) is 4.73. The molecule has 18 heteroatoms. The molecule has 2 aliphatic rings. The molecule has 2 aliphatic heterocycles. The Morgan fingerprint density at radius 1 is 0.783 bits per heavy atom. The highest BCUT2D eigenvalue weighted by atomic mass is 16.5. The predicted molar refractivity (Wildman–Crippen MR) is 253 cm³/mol. The summed E-state index contributed by atoms with van der Waals surface area (Å²) >= 11 is 0. The van der Waals surface area contributed by atoms with E-state index in [4.69, 9.17) is 14.2 Å². The minimum atomic E-state index is -1.45. The highest BCUT2D eigenvalue weighted by Crippen LogP contribution is 2.33. The molecule has 0 saturated heterocycles. The Hall–Kier alpha value is -8.32. The zero-order chi connectivity index (χ0) is 48.7. The molecule has 4 atom stereocenters. The number of anilines is 2. The first kappa shape index (κ1) is 47.2. The molecule has 0 spiro atoms. The summed E-state index contributed by atoms with van der Waals surface area (Å²) in [6.45, 7) is 3.59. The molecular formula is C51H50N10O8. The van der Waals surface area contributed by atoms with Crippen molar-refractivity contribution in [1.82, 2.24) is 40.6 Å². The van der Waals surface area contributed by atoms with Gasteiger partial charge in [-0.25, -0.2) is 14.6 Å². The predicted octanol–water partition coefficient (Wildman–Crippen LogP) is 3.68. The number of carbonyl (C=O) groups is 4. The Kier molecular flexibility index (Phi) is 13.9. The lowest BCUT2D eigenvalue weighted by Gasteiger charge is -2.25. The Morgan fingerprint density at radius 3 is 2.09 bits per heavy atom. The van der Waals surface area contributed by atoms with Crippen LogP contribution in [0, 0.1) is 23.7 Å². The maximum Gasteiger partial charge on any atom is 0.291 e. The molecule has 4 heterocycles. The molecule has 18 nitrogen and oxygen atoms in total. The fraction of sp³-hybridized carbons (Fsp3) is 0.294. The summed E-state index contributed by atoms with van der Waals surface area (Å²) in [5, 5.41) is 27.9. The molecule has 4 amide bonds. The van der Waals surface area contributed by atoms with Crippen LogP contribution in [0.4, 0.5) is 11.4 Å². The average Bonchev–Trinajstić information content (AvgIpc) is 4.00. The van der Waals surface area contributed by atoms with Gasteiger partial charge in [0.15, 0.2) is 0 Å². The second-order valence-corrected chi connectivity index (χ2v) is 17.1. The number of fused-ring (bicyclic) bond motifs is 2. The molecule has 352 valence electrons. The van der Waals surface area contributed by atoms with Gasteiger partial charge in [-0.05, 0) is 74.2 Å². The number of aliphatic hydroxyl groups is 1. The first-order valence-electron chi connectivity index (χ1n) is 22.1. The van der Waals surface area contributed by atoms with Gasteiger partial charge < -0.3 is 39.8 Å². The third-order valence-electron chi connectivity index (χ3n) is 11.7. The van der Waals surface area contributed by atoms with Crippen molar-refractivity contribution < 1.29 is 38.5 Å². The number of carbonyl (C=O) groups excluding carboxylic acids is 4. The van der Waals surface area contributed by atoms with Gasteiger partial charge >= 0.3 is 0 Å². The van der Waals surface area contributed by atoms with E-state index >= 15 is 0 Å². The Labute approximate surface area is 398 Å². The van der Waals surface area contributed by atoms with Crippen LogP contribution in [0.3, 0.4) is 0 Å². The number of nitrogens with one attached hydrogen (secondary N) is 3. The minimum Gasteiger partial charge on any atom is -0.489 e. The number of aromatic amines is 1. The normalized spacial score (nSPS) is 17.1. The van der Waals surface area contributed by atoms with Gasteiger partial charge in [0.25, 0.3) is 23.6 Å². The number of ether oxygens (including phenoxy) is 3. The molecule has 0 bridgehead atoms. The van der Waals surface area contributed by atoms with Crippen molar-refractivity contribution in [3.05, 3.63) is 143 Å². The molecule has 8 rings (SSSR count). The summed E-state index contributed by atoms with van der Waals surface area (Å²) < 4.78 is 19.4. The van der Waals surface area contributed by atoms with Crippen LogP contribution in [0.15, 0.2) is 103 Å². The second kappa shape index (κ2) is 20.3. The Morgan fingerprint density at radius 2 is 1.39 bits per heavy atom. The highest BCUT2D eigenvalue weighted by molar-refractivity contribution is 6.03. The maximum atomic E-state index is 13.6. The van der Waals surface area contributed by atoms with Crippen LogP contribution in [-0.2, 0) is 27.3 Å². The number of benzene rings is 4. The van der Waals surface area contributed by atoms with E-state index < -0.39 is 41.0 Å². The Balaban J connectivity index is 0.857. The van der Waals surface area contributed by atoms with Crippen molar-refractivity contribution in [2.24, 2.45) is 0 Å². The summed E-state index contributed by atoms with van der Waals surface area (Å²) in [4.78, 5) is 64.5. The fourth-order valence-corrected chi connectivity index (χ4v) is 7.49. The SMILES string of the molecule is COC(C)(C#Cc1ccc2c(c1)N(C)C(=O)[C@H](NC(=O)c1n[nH]c(Cc3ccccc3)n1)CO2)CCC(C)(O)C#Cc1ccc2c(c1)OCC(NC(=O)c1ncn(Cc3ccccc3)n1)C(=O)N2C. The van der Waals surface area contributed by atoms with E-state index in [1.807, 2.05) is 67.6 Å². The van der Waals surface area contributed by atoms with Crippen LogP contribution >= 0.6 is 0 Å². The first-order valence-corrected chi connectivity index (χ1v) is 22.1. The fourth-order valence-electron chi connectivity index (χ4n) is 7.49. The lowest BCUT2D eigenvalue weighted by Crippen LogP contribution is -2.49. The van der Waals surface area contributed by atoms with Crippen LogP contribution in [-0.4, -0.2) is 116 Å². The number of amides is 4. The smallest absolute Gasteiger partial charge is 0.291 e. The van der Waals surface area contributed by atoms with E-state index in [0.717, 1.165) is 11.1 Å². The molecule has 0 saturated carbocycles. The summed E-state index contributed by atoms with van der Waals surface area (Å²) in [5.74, 6) is 11.5. The largest absolute Gasteiger partial charge is 0.489 e. The van der Waals surface area contributed by atoms with Crippen LogP contribution in [0.2, 0.25) is 0 Å². The van der Waals surface area contributed by atoms with E-state index in [0.29, 0.717) is 59.2 Å². The molecule has 0 aliphatic carbocycles. The van der Waals surface area contributed by atoms with E-state index in [9.17, 15) is 24.3 Å². The highest BCUT2D eigenvalue weighted by Gasteiger charge is 2.34. The first-order chi connectivity index (χ1) is 33.2. The third-order valence-corrected chi connectivity index (χ3v) is 11.7. The van der Waals surface area contributed by atoms with Crippen LogP contribution in [0.5, 0.6) is 11.5 Å². The van der Waals surface area contributed by atoms with Crippen molar-refractivity contribution in [1.29, 1.82) is 0 Å². The molecule has 0 fully saturated rings. The average molecular weight is 931 g/mol. The number of hydrogen-bond donors (Lipinski definition) is 4. The number of methoxy groups -OCH3 is 1. The van der Waals surface area contributed by atoms with Crippen molar-refractivity contribution in [2.75, 3.05) is 44.2 Å². The van der Waals surface area contributed by atoms with Crippen molar-refractivity contribution in [3.63, 3.8) is 0 Å². The van der Waals surface area contributed by atoms with E-state index in [2.05, 4.69) is 59.6 Å². The zero-order valence-corrected chi connectivity index (χ0v) is 38.6. The standard InChI is InChI=1S/C51H50N10O8/c1-50(66,22-20-35-16-18-39-42(27-35)69-31-38(48(64)59(39)3)53-46(62)44-52-32-61(58-44)29-36-14-10-7-11-15-36)24-25-51(2,67-5)23-21-34-17-19-41-40(26-34)60(4)49(65)37(30-68-41)54-47(63)45-55-43(56-57-45)28-33-12-8-6-9-13-33/h6-19,26-27,32,37-38,66H,24-25,28-31H2,1-5H3,(H,53,62)(H,54,63)(H,55,56,57)/t37-,38?,50?,51?/m1/s1. The molecule has 0 radical (unpaired) electrons. The van der Waals surface area contributed by atoms with Crippen LogP contribution < -0.4 is 29.9 Å². The van der Waals surface area contributed by atoms with Gasteiger partial charge in [-0.3, -0.25) is 24.3 Å². The second-order valence-electron chi connectivity index (χ2n) is 17.1. The lowest BCUT2D eigenvalue weighted by atomic mass is 9.91. The summed E-state index contributed by atoms with van der Waals surface area (Å²) in [5.41, 5.74) is 1.62. The van der Waals surface area contributed by atoms with Gasteiger partial charge in [-0.1, -0.05) is 84.3 Å². The van der Waals surface area contributed by atoms with Crippen LogP contribution in [0.1, 0.15) is 76.0 Å². The van der Waals surface area contributed by atoms with Crippen LogP contribution in [0.25, 0.3) is 0 Å². The summed E-state index contributed by atoms with van der Waals surface area (Å²) in [6.07, 6.45) is 2.43. The number of aromatic nitrogens is 6. The van der Waals surface area contributed by atoms with Crippen molar-refractivity contribution in [2.45, 2.75) is 62.9 Å². The van der Waals surface area contributed by atoms with E-state index in [-0.39, 0.29) is 37.2 Å². The Bertz CT molecular complexity index is 3000.